The molecular weight excluding hydrogens is 261 g/mol. The standard InChI is InChI=1S/C14H18FN3O2/c15-10-6-16-13(17-7-10)18-8-11(12(19)20)14(9-18)4-2-1-3-5-14/h6-7,11H,1-5,8-9H2,(H,19,20)/t11-/m0/s1. The molecule has 0 unspecified atom stereocenters. The van der Waals surface area contributed by atoms with Crippen LogP contribution in [0.1, 0.15) is 32.1 Å². The second-order valence-corrected chi connectivity index (χ2v) is 5.90. The second kappa shape index (κ2) is 5.00. The van der Waals surface area contributed by atoms with Crippen molar-refractivity contribution in [3.05, 3.63) is 18.2 Å². The molecular formula is C14H18FN3O2. The van der Waals surface area contributed by atoms with Gasteiger partial charge in [-0.2, -0.15) is 0 Å². The van der Waals surface area contributed by atoms with Crippen LogP contribution in [0.3, 0.4) is 0 Å². The molecule has 1 aliphatic carbocycles. The fourth-order valence-corrected chi connectivity index (χ4v) is 3.69. The van der Waals surface area contributed by atoms with Crippen molar-refractivity contribution >= 4 is 11.9 Å². The normalized spacial score (nSPS) is 25.1. The van der Waals surface area contributed by atoms with Crippen molar-refractivity contribution in [2.75, 3.05) is 18.0 Å². The maximum absolute atomic E-state index is 12.9. The van der Waals surface area contributed by atoms with Crippen LogP contribution in [0, 0.1) is 17.2 Å². The van der Waals surface area contributed by atoms with Gasteiger partial charge in [0.25, 0.3) is 0 Å². The lowest BCUT2D eigenvalue weighted by molar-refractivity contribution is -0.145. The zero-order chi connectivity index (χ0) is 14.2. The number of aromatic nitrogens is 2. The van der Waals surface area contributed by atoms with Gasteiger partial charge in [-0.3, -0.25) is 4.79 Å². The van der Waals surface area contributed by atoms with E-state index in [9.17, 15) is 14.3 Å². The second-order valence-electron chi connectivity index (χ2n) is 5.90. The summed E-state index contributed by atoms with van der Waals surface area (Å²) in [7, 11) is 0. The number of carbonyl (C=O) groups is 1. The van der Waals surface area contributed by atoms with E-state index in [0.29, 0.717) is 19.0 Å². The van der Waals surface area contributed by atoms with Crippen LogP contribution in [0.25, 0.3) is 0 Å². The van der Waals surface area contributed by atoms with Crippen molar-refractivity contribution in [1.29, 1.82) is 0 Å². The molecule has 2 heterocycles. The fraction of sp³-hybridized carbons (Fsp3) is 0.643. The number of carboxylic acid groups (broad SMARTS) is 1. The molecule has 0 amide bonds. The molecule has 3 rings (SSSR count). The molecule has 0 aromatic carbocycles. The van der Waals surface area contributed by atoms with Crippen LogP contribution in [-0.4, -0.2) is 34.1 Å². The number of halogens is 1. The molecule has 1 aromatic heterocycles. The van der Waals surface area contributed by atoms with Gasteiger partial charge in [0.2, 0.25) is 5.95 Å². The predicted molar refractivity (Wildman–Crippen MR) is 70.8 cm³/mol. The third-order valence-corrected chi connectivity index (χ3v) is 4.68. The van der Waals surface area contributed by atoms with Crippen LogP contribution in [0.5, 0.6) is 0 Å². The van der Waals surface area contributed by atoms with Crippen LogP contribution in [0.15, 0.2) is 12.4 Å². The SMILES string of the molecule is O=C(O)[C@@H]1CN(c2ncc(F)cn2)CC12CCCCC2. The summed E-state index contributed by atoms with van der Waals surface area (Å²) in [4.78, 5) is 21.4. The van der Waals surface area contributed by atoms with E-state index in [2.05, 4.69) is 9.97 Å². The first kappa shape index (κ1) is 13.3. The lowest BCUT2D eigenvalue weighted by Gasteiger charge is -2.36. The number of hydrogen-bond acceptors (Lipinski definition) is 4. The predicted octanol–water partition coefficient (Wildman–Crippen LogP) is 2.09. The summed E-state index contributed by atoms with van der Waals surface area (Å²) in [5, 5.41) is 9.51. The molecule has 1 aromatic rings. The molecule has 1 spiro atoms. The van der Waals surface area contributed by atoms with Gasteiger partial charge < -0.3 is 10.0 Å². The number of aliphatic carboxylic acids is 1. The lowest BCUT2D eigenvalue weighted by atomic mass is 9.68. The van der Waals surface area contributed by atoms with Gasteiger partial charge in [-0.1, -0.05) is 19.3 Å². The van der Waals surface area contributed by atoms with Gasteiger partial charge in [0.05, 0.1) is 18.3 Å². The maximum Gasteiger partial charge on any atom is 0.308 e. The highest BCUT2D eigenvalue weighted by atomic mass is 19.1. The van der Waals surface area contributed by atoms with E-state index in [1.807, 2.05) is 4.90 Å². The average Bonchev–Trinajstić information content (AvgIpc) is 2.80. The lowest BCUT2D eigenvalue weighted by Crippen LogP contribution is -2.36. The van der Waals surface area contributed by atoms with E-state index in [1.165, 1.54) is 6.42 Å². The zero-order valence-corrected chi connectivity index (χ0v) is 11.3. The summed E-state index contributed by atoms with van der Waals surface area (Å²) < 4.78 is 12.9. The van der Waals surface area contributed by atoms with Crippen molar-refractivity contribution < 1.29 is 14.3 Å². The van der Waals surface area contributed by atoms with Gasteiger partial charge in [0, 0.05) is 18.5 Å². The molecule has 1 N–H and O–H groups in total. The summed E-state index contributed by atoms with van der Waals surface area (Å²) in [5.74, 6) is -1.16. The van der Waals surface area contributed by atoms with E-state index in [4.69, 9.17) is 0 Å². The van der Waals surface area contributed by atoms with Crippen LogP contribution >= 0.6 is 0 Å². The van der Waals surface area contributed by atoms with Crippen molar-refractivity contribution in [3.8, 4) is 0 Å². The third kappa shape index (κ3) is 2.23. The van der Waals surface area contributed by atoms with Gasteiger partial charge in [0.1, 0.15) is 0 Å². The third-order valence-electron chi connectivity index (χ3n) is 4.68. The molecule has 5 nitrogen and oxygen atoms in total. The van der Waals surface area contributed by atoms with Crippen LogP contribution in [0.4, 0.5) is 10.3 Å². The molecule has 1 atom stereocenters. The Balaban J connectivity index is 1.86. The molecule has 1 saturated carbocycles. The van der Waals surface area contributed by atoms with Crippen LogP contribution < -0.4 is 4.90 Å². The monoisotopic (exact) mass is 279 g/mol. The van der Waals surface area contributed by atoms with Crippen molar-refractivity contribution in [2.24, 2.45) is 11.3 Å². The van der Waals surface area contributed by atoms with Gasteiger partial charge in [-0.25, -0.2) is 14.4 Å². The Labute approximate surface area is 116 Å². The minimum atomic E-state index is -0.739. The number of carboxylic acids is 1. The van der Waals surface area contributed by atoms with Gasteiger partial charge in [-0.05, 0) is 12.8 Å². The van der Waals surface area contributed by atoms with Crippen molar-refractivity contribution in [1.82, 2.24) is 9.97 Å². The van der Waals surface area contributed by atoms with E-state index < -0.39 is 11.8 Å². The first-order valence-electron chi connectivity index (χ1n) is 7.06. The average molecular weight is 279 g/mol. The van der Waals surface area contributed by atoms with E-state index in [0.717, 1.165) is 38.1 Å². The fourth-order valence-electron chi connectivity index (χ4n) is 3.69. The summed E-state index contributed by atoms with van der Waals surface area (Å²) >= 11 is 0. The Bertz CT molecular complexity index is 500. The van der Waals surface area contributed by atoms with E-state index in [1.54, 1.807) is 0 Å². The number of rotatable bonds is 2. The number of hydrogen-bond donors (Lipinski definition) is 1. The Morgan fingerprint density at radius 1 is 1.30 bits per heavy atom. The molecule has 1 aliphatic heterocycles. The van der Waals surface area contributed by atoms with Crippen molar-refractivity contribution in [2.45, 2.75) is 32.1 Å². The minimum absolute atomic E-state index is 0.165. The van der Waals surface area contributed by atoms with E-state index in [-0.39, 0.29) is 11.3 Å². The quantitative estimate of drug-likeness (QED) is 0.898. The molecule has 108 valence electrons. The topological polar surface area (TPSA) is 66.3 Å². The van der Waals surface area contributed by atoms with Gasteiger partial charge in [0.15, 0.2) is 5.82 Å². The van der Waals surface area contributed by atoms with Crippen LogP contribution in [0.2, 0.25) is 0 Å². The Morgan fingerprint density at radius 2 is 1.95 bits per heavy atom. The maximum atomic E-state index is 12.9. The summed E-state index contributed by atoms with van der Waals surface area (Å²) in [6.07, 6.45) is 7.50. The van der Waals surface area contributed by atoms with Gasteiger partial charge in [-0.15, -0.1) is 0 Å². The Morgan fingerprint density at radius 3 is 2.55 bits per heavy atom. The summed E-state index contributed by atoms with van der Waals surface area (Å²) in [6, 6.07) is 0. The van der Waals surface area contributed by atoms with Gasteiger partial charge >= 0.3 is 5.97 Å². The smallest absolute Gasteiger partial charge is 0.308 e. The number of nitrogens with zero attached hydrogens (tertiary/aromatic N) is 3. The first-order chi connectivity index (χ1) is 9.61. The molecule has 20 heavy (non-hydrogen) atoms. The van der Waals surface area contributed by atoms with Crippen LogP contribution in [-0.2, 0) is 4.79 Å². The molecule has 6 heteroatoms. The summed E-state index contributed by atoms with van der Waals surface area (Å²) in [5.41, 5.74) is -0.165. The molecule has 0 bridgehead atoms. The highest BCUT2D eigenvalue weighted by Gasteiger charge is 2.50. The zero-order valence-electron chi connectivity index (χ0n) is 11.3. The van der Waals surface area contributed by atoms with Crippen molar-refractivity contribution in [3.63, 3.8) is 0 Å². The Hall–Kier alpha value is -1.72. The highest BCUT2D eigenvalue weighted by Crippen LogP contribution is 2.48. The molecule has 2 fully saturated rings. The molecule has 0 radical (unpaired) electrons. The largest absolute Gasteiger partial charge is 0.481 e. The van der Waals surface area contributed by atoms with E-state index >= 15 is 0 Å². The Kier molecular flexibility index (Phi) is 3.31. The molecule has 1 saturated heterocycles. The minimum Gasteiger partial charge on any atom is -0.481 e. The highest BCUT2D eigenvalue weighted by molar-refractivity contribution is 5.73. The number of anilines is 1. The first-order valence-corrected chi connectivity index (χ1v) is 7.06. The summed E-state index contributed by atoms with van der Waals surface area (Å²) in [6.45, 7) is 1.08. The molecule has 2 aliphatic rings.